The summed E-state index contributed by atoms with van der Waals surface area (Å²) in [5.41, 5.74) is 6.43. The number of carbonyl (C=O) groups is 1. The van der Waals surface area contributed by atoms with Crippen LogP contribution in [0.15, 0.2) is 60.7 Å². The van der Waals surface area contributed by atoms with E-state index in [9.17, 15) is 4.79 Å². The normalized spacial score (nSPS) is 18.5. The lowest BCUT2D eigenvalue weighted by Gasteiger charge is -2.47. The summed E-state index contributed by atoms with van der Waals surface area (Å²) in [6.07, 6.45) is -0.570. The van der Waals surface area contributed by atoms with Crippen molar-refractivity contribution in [2.24, 2.45) is 0 Å². The van der Waals surface area contributed by atoms with E-state index < -0.39 is 6.10 Å². The number of amides is 1. The van der Waals surface area contributed by atoms with E-state index in [-0.39, 0.29) is 11.9 Å². The zero-order valence-electron chi connectivity index (χ0n) is 17.1. The van der Waals surface area contributed by atoms with Crippen molar-refractivity contribution in [2.45, 2.75) is 39.8 Å². The molecule has 3 nitrogen and oxygen atoms in total. The molecule has 3 aromatic carbocycles. The molecular weight excluding hydrogens is 382 g/mol. The van der Waals surface area contributed by atoms with Crippen LogP contribution in [0.1, 0.15) is 33.9 Å². The Bertz CT molecular complexity index is 1070. The summed E-state index contributed by atoms with van der Waals surface area (Å²) in [6, 6.07) is 19.7. The standard InChI is InChI=1S/C25H24ClNO2/c1-15-5-8-19(9-6-15)23-24(29-22-12-10-20(26)13-18(22)4)25(28)27(23)21-11-7-16(2)17(3)14-21/h5-14,23-24H,1-4H3/t23-,24-/m1/s1. The molecule has 0 aromatic heterocycles. The fourth-order valence-electron chi connectivity index (χ4n) is 3.71. The maximum atomic E-state index is 13.2. The first-order valence-electron chi connectivity index (χ1n) is 9.75. The average molecular weight is 406 g/mol. The number of hydrogen-bond acceptors (Lipinski definition) is 2. The number of aryl methyl sites for hydroxylation is 4. The van der Waals surface area contributed by atoms with Crippen molar-refractivity contribution in [3.63, 3.8) is 0 Å². The highest BCUT2D eigenvalue weighted by Gasteiger charge is 2.51. The summed E-state index contributed by atoms with van der Waals surface area (Å²) in [4.78, 5) is 15.0. The first-order chi connectivity index (χ1) is 13.8. The van der Waals surface area contributed by atoms with E-state index in [0.29, 0.717) is 10.8 Å². The van der Waals surface area contributed by atoms with E-state index in [1.54, 1.807) is 6.07 Å². The van der Waals surface area contributed by atoms with E-state index >= 15 is 0 Å². The number of ether oxygens (including phenoxy) is 1. The molecule has 0 spiro atoms. The number of benzene rings is 3. The molecule has 1 aliphatic heterocycles. The van der Waals surface area contributed by atoms with E-state index in [1.165, 1.54) is 11.1 Å². The minimum atomic E-state index is -0.570. The Hall–Kier alpha value is -2.78. The maximum Gasteiger partial charge on any atom is 0.271 e. The molecule has 0 unspecified atom stereocenters. The largest absolute Gasteiger partial charge is 0.478 e. The van der Waals surface area contributed by atoms with Crippen LogP contribution in [0.4, 0.5) is 5.69 Å². The molecule has 0 N–H and O–H groups in total. The van der Waals surface area contributed by atoms with Gasteiger partial charge in [0.1, 0.15) is 11.8 Å². The predicted octanol–water partition coefficient (Wildman–Crippen LogP) is 6.11. The van der Waals surface area contributed by atoms with Crippen LogP contribution in [0.2, 0.25) is 5.02 Å². The van der Waals surface area contributed by atoms with Crippen LogP contribution < -0.4 is 9.64 Å². The van der Waals surface area contributed by atoms with E-state index in [2.05, 4.69) is 57.2 Å². The summed E-state index contributed by atoms with van der Waals surface area (Å²) in [5.74, 6) is 0.651. The number of carbonyl (C=O) groups excluding carboxylic acids is 1. The molecule has 0 saturated carbocycles. The Morgan fingerprint density at radius 1 is 0.828 bits per heavy atom. The lowest BCUT2D eigenvalue weighted by Crippen LogP contribution is -2.61. The second kappa shape index (κ2) is 7.57. The molecule has 1 fully saturated rings. The van der Waals surface area contributed by atoms with Gasteiger partial charge in [0, 0.05) is 10.7 Å². The fourth-order valence-corrected chi connectivity index (χ4v) is 3.94. The first kappa shape index (κ1) is 19.5. The molecule has 0 bridgehead atoms. The second-order valence-corrected chi connectivity index (χ2v) is 8.22. The Kier molecular flexibility index (Phi) is 5.10. The van der Waals surface area contributed by atoms with Gasteiger partial charge in [0.25, 0.3) is 5.91 Å². The Labute approximate surface area is 176 Å². The summed E-state index contributed by atoms with van der Waals surface area (Å²) in [6.45, 7) is 8.13. The van der Waals surface area contributed by atoms with Gasteiger partial charge >= 0.3 is 0 Å². The van der Waals surface area contributed by atoms with Crippen molar-refractivity contribution in [3.8, 4) is 5.75 Å². The molecule has 1 saturated heterocycles. The molecule has 1 aliphatic rings. The highest BCUT2D eigenvalue weighted by molar-refractivity contribution is 6.30. The van der Waals surface area contributed by atoms with Gasteiger partial charge in [-0.15, -0.1) is 0 Å². The van der Waals surface area contributed by atoms with Gasteiger partial charge in [-0.3, -0.25) is 9.69 Å². The van der Waals surface area contributed by atoms with Crippen LogP contribution in [-0.4, -0.2) is 12.0 Å². The smallest absolute Gasteiger partial charge is 0.271 e. The monoisotopic (exact) mass is 405 g/mol. The molecule has 3 aromatic rings. The third-order valence-corrected chi connectivity index (χ3v) is 5.86. The Morgan fingerprint density at radius 2 is 1.55 bits per heavy atom. The lowest BCUT2D eigenvalue weighted by molar-refractivity contribution is -0.135. The van der Waals surface area contributed by atoms with Gasteiger partial charge in [0.15, 0.2) is 0 Å². The van der Waals surface area contributed by atoms with Gasteiger partial charge in [-0.2, -0.15) is 0 Å². The van der Waals surface area contributed by atoms with Crippen molar-refractivity contribution in [3.05, 3.63) is 93.5 Å². The van der Waals surface area contributed by atoms with Gasteiger partial charge in [-0.1, -0.05) is 47.5 Å². The number of nitrogens with zero attached hydrogens (tertiary/aromatic N) is 1. The minimum absolute atomic E-state index is 0.0341. The van der Waals surface area contributed by atoms with Gasteiger partial charge in [-0.05, 0) is 80.3 Å². The summed E-state index contributed by atoms with van der Waals surface area (Å²) < 4.78 is 6.20. The van der Waals surface area contributed by atoms with Crippen molar-refractivity contribution >= 4 is 23.2 Å². The van der Waals surface area contributed by atoms with Crippen LogP contribution in [-0.2, 0) is 4.79 Å². The van der Waals surface area contributed by atoms with Crippen LogP contribution in [0.3, 0.4) is 0 Å². The maximum absolute atomic E-state index is 13.2. The number of rotatable bonds is 4. The number of β-lactam (4-membered cyclic amide) rings is 1. The first-order valence-corrected chi connectivity index (χ1v) is 10.1. The van der Waals surface area contributed by atoms with Crippen LogP contribution >= 0.6 is 11.6 Å². The second-order valence-electron chi connectivity index (χ2n) is 7.78. The molecule has 1 heterocycles. The molecule has 0 radical (unpaired) electrons. The number of anilines is 1. The van der Waals surface area contributed by atoms with Gasteiger partial charge in [0.05, 0.1) is 0 Å². The van der Waals surface area contributed by atoms with E-state index in [0.717, 1.165) is 22.4 Å². The fraction of sp³-hybridized carbons (Fsp3) is 0.240. The van der Waals surface area contributed by atoms with Gasteiger partial charge in [-0.25, -0.2) is 0 Å². The number of halogens is 1. The quantitative estimate of drug-likeness (QED) is 0.490. The highest BCUT2D eigenvalue weighted by atomic mass is 35.5. The zero-order chi connectivity index (χ0) is 20.7. The van der Waals surface area contributed by atoms with Crippen molar-refractivity contribution in [1.82, 2.24) is 0 Å². The third-order valence-electron chi connectivity index (χ3n) is 5.62. The number of hydrogen-bond donors (Lipinski definition) is 0. The Balaban J connectivity index is 1.71. The topological polar surface area (TPSA) is 29.5 Å². The van der Waals surface area contributed by atoms with Crippen LogP contribution in [0.5, 0.6) is 5.75 Å². The van der Waals surface area contributed by atoms with Gasteiger partial charge in [0.2, 0.25) is 6.10 Å². The highest BCUT2D eigenvalue weighted by Crippen LogP contribution is 2.42. The van der Waals surface area contributed by atoms with Crippen LogP contribution in [0, 0.1) is 27.7 Å². The lowest BCUT2D eigenvalue weighted by atomic mass is 9.88. The summed E-state index contributed by atoms with van der Waals surface area (Å²) in [5, 5.41) is 0.654. The third kappa shape index (κ3) is 3.63. The minimum Gasteiger partial charge on any atom is -0.478 e. The molecule has 29 heavy (non-hydrogen) atoms. The van der Waals surface area contributed by atoms with Crippen molar-refractivity contribution in [1.29, 1.82) is 0 Å². The molecule has 4 heteroatoms. The average Bonchev–Trinajstić information content (AvgIpc) is 2.68. The van der Waals surface area contributed by atoms with Gasteiger partial charge < -0.3 is 4.74 Å². The van der Waals surface area contributed by atoms with Crippen molar-refractivity contribution in [2.75, 3.05) is 4.90 Å². The Morgan fingerprint density at radius 3 is 2.21 bits per heavy atom. The van der Waals surface area contributed by atoms with Crippen LogP contribution in [0.25, 0.3) is 0 Å². The van der Waals surface area contributed by atoms with E-state index in [1.807, 2.05) is 30.0 Å². The SMILES string of the molecule is Cc1ccc([C@@H]2[C@@H](Oc3ccc(Cl)cc3C)C(=O)N2c2ccc(C)c(C)c2)cc1. The molecular formula is C25H24ClNO2. The molecule has 1 amide bonds. The molecule has 148 valence electrons. The molecule has 2 atom stereocenters. The summed E-state index contributed by atoms with van der Waals surface area (Å²) >= 11 is 6.07. The molecule has 0 aliphatic carbocycles. The zero-order valence-corrected chi connectivity index (χ0v) is 17.8. The van der Waals surface area contributed by atoms with Crippen molar-refractivity contribution < 1.29 is 9.53 Å². The predicted molar refractivity (Wildman–Crippen MR) is 118 cm³/mol. The summed E-state index contributed by atoms with van der Waals surface area (Å²) in [7, 11) is 0. The molecule has 4 rings (SSSR count). The van der Waals surface area contributed by atoms with E-state index in [4.69, 9.17) is 16.3 Å².